The summed E-state index contributed by atoms with van der Waals surface area (Å²) in [6, 6.07) is 6.46. The molecule has 5 heteroatoms. The molecule has 1 aliphatic rings. The smallest absolute Gasteiger partial charge is 0.407 e. The fourth-order valence-corrected chi connectivity index (χ4v) is 3.04. The van der Waals surface area contributed by atoms with Crippen molar-refractivity contribution in [3.05, 3.63) is 33.8 Å². The van der Waals surface area contributed by atoms with Crippen LogP contribution < -0.4 is 5.32 Å². The lowest BCUT2D eigenvalue weighted by atomic mass is 10.1. The second kappa shape index (κ2) is 7.01. The number of rotatable bonds is 3. The molecule has 1 N–H and O–H groups in total. The summed E-state index contributed by atoms with van der Waals surface area (Å²) in [5, 5.41) is 2.97. The summed E-state index contributed by atoms with van der Waals surface area (Å²) >= 11 is 3.58. The van der Waals surface area contributed by atoms with Gasteiger partial charge in [0, 0.05) is 30.1 Å². The van der Waals surface area contributed by atoms with Crippen molar-refractivity contribution < 1.29 is 9.53 Å². The molecule has 0 saturated carbocycles. The number of ether oxygens (including phenoxy) is 1. The van der Waals surface area contributed by atoms with Crippen LogP contribution in [0.25, 0.3) is 0 Å². The zero-order chi connectivity index (χ0) is 16.3. The van der Waals surface area contributed by atoms with Crippen molar-refractivity contribution in [3.8, 4) is 0 Å². The van der Waals surface area contributed by atoms with Crippen LogP contribution >= 0.6 is 15.9 Å². The van der Waals surface area contributed by atoms with E-state index < -0.39 is 5.60 Å². The monoisotopic (exact) mass is 368 g/mol. The lowest BCUT2D eigenvalue weighted by Gasteiger charge is -2.22. The van der Waals surface area contributed by atoms with Gasteiger partial charge in [0.1, 0.15) is 5.60 Å². The van der Waals surface area contributed by atoms with Gasteiger partial charge in [0.2, 0.25) is 0 Å². The van der Waals surface area contributed by atoms with Gasteiger partial charge in [-0.25, -0.2) is 4.79 Å². The molecule has 1 fully saturated rings. The maximum atomic E-state index is 11.8. The average molecular weight is 369 g/mol. The Morgan fingerprint density at radius 3 is 2.86 bits per heavy atom. The molecule has 2 rings (SSSR count). The van der Waals surface area contributed by atoms with E-state index in [1.165, 1.54) is 11.1 Å². The van der Waals surface area contributed by atoms with Crippen LogP contribution in [0.2, 0.25) is 0 Å². The fraction of sp³-hybridized carbons (Fsp3) is 0.588. The maximum Gasteiger partial charge on any atom is 0.407 e. The highest BCUT2D eigenvalue weighted by Gasteiger charge is 2.26. The molecule has 122 valence electrons. The molecule has 1 aromatic carbocycles. The van der Waals surface area contributed by atoms with Crippen LogP contribution in [0.3, 0.4) is 0 Å². The summed E-state index contributed by atoms with van der Waals surface area (Å²) in [4.78, 5) is 14.2. The van der Waals surface area contributed by atoms with Crippen LogP contribution in [-0.2, 0) is 11.3 Å². The lowest BCUT2D eigenvalue weighted by molar-refractivity contribution is 0.0506. The van der Waals surface area contributed by atoms with E-state index in [4.69, 9.17) is 4.74 Å². The predicted molar refractivity (Wildman–Crippen MR) is 91.9 cm³/mol. The van der Waals surface area contributed by atoms with Crippen molar-refractivity contribution in [3.63, 3.8) is 0 Å². The largest absolute Gasteiger partial charge is 0.444 e. The molecule has 4 nitrogen and oxygen atoms in total. The lowest BCUT2D eigenvalue weighted by Crippen LogP contribution is -2.40. The summed E-state index contributed by atoms with van der Waals surface area (Å²) < 4.78 is 6.46. The number of hydrogen-bond acceptors (Lipinski definition) is 3. The van der Waals surface area contributed by atoms with Crippen molar-refractivity contribution in [1.29, 1.82) is 0 Å². The third kappa shape index (κ3) is 4.99. The third-order valence-electron chi connectivity index (χ3n) is 3.77. The molecule has 0 spiro atoms. The van der Waals surface area contributed by atoms with Crippen LogP contribution in [0.1, 0.15) is 38.3 Å². The van der Waals surface area contributed by atoms with E-state index in [1.54, 1.807) is 0 Å². The van der Waals surface area contributed by atoms with Gasteiger partial charge >= 0.3 is 6.09 Å². The van der Waals surface area contributed by atoms with Gasteiger partial charge in [-0.2, -0.15) is 0 Å². The normalized spacial score (nSPS) is 19.2. The molecular formula is C17H25BrN2O2. The molecule has 1 aliphatic heterocycles. The van der Waals surface area contributed by atoms with Gasteiger partial charge in [-0.15, -0.1) is 0 Å². The molecule has 1 aromatic rings. The van der Waals surface area contributed by atoms with Crippen LogP contribution in [-0.4, -0.2) is 35.7 Å². The van der Waals surface area contributed by atoms with Gasteiger partial charge in [0.25, 0.3) is 0 Å². The number of halogens is 1. The minimum absolute atomic E-state index is 0.169. The first-order valence-corrected chi connectivity index (χ1v) is 8.50. The topological polar surface area (TPSA) is 41.6 Å². The first kappa shape index (κ1) is 17.3. The molecule has 1 amide bonds. The Kier molecular flexibility index (Phi) is 5.50. The molecule has 0 aromatic heterocycles. The number of carbonyl (C=O) groups excluding carboxylic acids is 1. The Morgan fingerprint density at radius 1 is 1.45 bits per heavy atom. The molecular weight excluding hydrogens is 344 g/mol. The molecule has 0 aliphatic carbocycles. The molecule has 1 saturated heterocycles. The number of carbonyl (C=O) groups is 1. The third-order valence-corrected chi connectivity index (χ3v) is 4.63. The van der Waals surface area contributed by atoms with Crippen molar-refractivity contribution in [2.45, 2.75) is 52.3 Å². The van der Waals surface area contributed by atoms with E-state index in [9.17, 15) is 4.79 Å². The minimum atomic E-state index is -0.449. The van der Waals surface area contributed by atoms with Gasteiger partial charge in [-0.3, -0.25) is 4.90 Å². The van der Waals surface area contributed by atoms with Crippen LogP contribution in [0.15, 0.2) is 22.7 Å². The zero-order valence-corrected chi connectivity index (χ0v) is 15.4. The standard InChI is InChI=1S/C17H25BrN2O2/c1-12-13(6-5-7-15(12)18)10-20-9-8-14(11-20)19-16(21)22-17(2,3)4/h5-7,14H,8-11H2,1-4H3,(H,19,21). The van der Waals surface area contributed by atoms with Gasteiger partial charge < -0.3 is 10.1 Å². The molecule has 1 unspecified atom stereocenters. The Morgan fingerprint density at radius 2 is 2.18 bits per heavy atom. The average Bonchev–Trinajstić information content (AvgIpc) is 2.80. The van der Waals surface area contributed by atoms with Crippen molar-refractivity contribution in [2.75, 3.05) is 13.1 Å². The fourth-order valence-electron chi connectivity index (χ4n) is 2.63. The Labute approximate surface area is 141 Å². The van der Waals surface area contributed by atoms with Crippen LogP contribution in [0, 0.1) is 6.92 Å². The number of alkyl carbamates (subject to hydrolysis) is 1. The summed E-state index contributed by atoms with van der Waals surface area (Å²) in [6.45, 7) is 10.5. The SMILES string of the molecule is Cc1c(Br)cccc1CN1CCC(NC(=O)OC(C)(C)C)C1. The highest BCUT2D eigenvalue weighted by molar-refractivity contribution is 9.10. The summed E-state index contributed by atoms with van der Waals surface area (Å²) in [5.41, 5.74) is 2.16. The highest BCUT2D eigenvalue weighted by Crippen LogP contribution is 2.22. The number of hydrogen-bond donors (Lipinski definition) is 1. The van der Waals surface area contributed by atoms with Crippen molar-refractivity contribution >= 4 is 22.0 Å². The number of nitrogens with one attached hydrogen (secondary N) is 1. The summed E-state index contributed by atoms with van der Waals surface area (Å²) in [7, 11) is 0. The van der Waals surface area contributed by atoms with E-state index >= 15 is 0 Å². The van der Waals surface area contributed by atoms with Crippen LogP contribution in [0.5, 0.6) is 0 Å². The van der Waals surface area contributed by atoms with E-state index in [2.05, 4.69) is 51.3 Å². The van der Waals surface area contributed by atoms with E-state index in [0.717, 1.165) is 30.5 Å². The van der Waals surface area contributed by atoms with E-state index in [-0.39, 0.29) is 12.1 Å². The number of likely N-dealkylation sites (tertiary alicyclic amines) is 1. The van der Waals surface area contributed by atoms with Gasteiger partial charge in [0.05, 0.1) is 0 Å². The molecule has 1 heterocycles. The Balaban J connectivity index is 1.85. The summed E-state index contributed by atoms with van der Waals surface area (Å²) in [5.74, 6) is 0. The van der Waals surface area contributed by atoms with E-state index in [1.807, 2.05) is 20.8 Å². The molecule has 0 bridgehead atoms. The second-order valence-corrected chi connectivity index (χ2v) is 7.75. The Bertz CT molecular complexity index is 540. The van der Waals surface area contributed by atoms with Crippen molar-refractivity contribution in [1.82, 2.24) is 10.2 Å². The quantitative estimate of drug-likeness (QED) is 0.880. The number of nitrogens with zero attached hydrogens (tertiary/aromatic N) is 1. The predicted octanol–water partition coefficient (Wildman–Crippen LogP) is 3.86. The molecule has 22 heavy (non-hydrogen) atoms. The Hall–Kier alpha value is -1.07. The zero-order valence-electron chi connectivity index (χ0n) is 13.8. The van der Waals surface area contributed by atoms with Crippen LogP contribution in [0.4, 0.5) is 4.79 Å². The molecule has 0 radical (unpaired) electrons. The molecule has 1 atom stereocenters. The minimum Gasteiger partial charge on any atom is -0.444 e. The first-order valence-electron chi connectivity index (χ1n) is 7.70. The number of amides is 1. The highest BCUT2D eigenvalue weighted by atomic mass is 79.9. The van der Waals surface area contributed by atoms with Gasteiger partial charge in [0.15, 0.2) is 0 Å². The number of benzene rings is 1. The van der Waals surface area contributed by atoms with Gasteiger partial charge in [-0.1, -0.05) is 28.1 Å². The first-order chi connectivity index (χ1) is 10.2. The second-order valence-electron chi connectivity index (χ2n) is 6.89. The van der Waals surface area contributed by atoms with E-state index in [0.29, 0.717) is 0 Å². The summed E-state index contributed by atoms with van der Waals surface area (Å²) in [6.07, 6.45) is 0.643. The van der Waals surface area contributed by atoms with Crippen molar-refractivity contribution in [2.24, 2.45) is 0 Å². The van der Waals surface area contributed by atoms with Gasteiger partial charge in [-0.05, 0) is 51.3 Å². The maximum absolute atomic E-state index is 11.8.